The van der Waals surface area contributed by atoms with E-state index >= 15 is 0 Å². The molecule has 0 aromatic heterocycles. The molecule has 1 atom stereocenters. The average molecular weight is 490 g/mol. The molecule has 1 aliphatic heterocycles. The van der Waals surface area contributed by atoms with Gasteiger partial charge in [0.2, 0.25) is 0 Å². The van der Waals surface area contributed by atoms with E-state index < -0.39 is 17.7 Å². The van der Waals surface area contributed by atoms with Crippen LogP contribution in [0.25, 0.3) is 5.76 Å². The zero-order valence-electron chi connectivity index (χ0n) is 20.4. The molecule has 1 aliphatic rings. The van der Waals surface area contributed by atoms with Crippen molar-refractivity contribution in [2.45, 2.75) is 32.4 Å². The molecule has 0 aliphatic carbocycles. The fourth-order valence-corrected chi connectivity index (χ4v) is 4.34. The summed E-state index contributed by atoms with van der Waals surface area (Å²) < 4.78 is 24.4. The predicted octanol–water partition coefficient (Wildman–Crippen LogP) is 5.29. The van der Waals surface area contributed by atoms with E-state index in [0.717, 1.165) is 5.56 Å². The topological polar surface area (TPSA) is 76.1 Å². The summed E-state index contributed by atoms with van der Waals surface area (Å²) in [7, 11) is 1.47. The Bertz CT molecular complexity index is 1280. The number of amides is 1. The van der Waals surface area contributed by atoms with Crippen molar-refractivity contribution < 1.29 is 28.6 Å². The third-order valence-electron chi connectivity index (χ3n) is 6.02. The van der Waals surface area contributed by atoms with Crippen LogP contribution in [-0.2, 0) is 16.0 Å². The summed E-state index contributed by atoms with van der Waals surface area (Å²) in [4.78, 5) is 27.9. The van der Waals surface area contributed by atoms with Crippen molar-refractivity contribution in [1.29, 1.82) is 0 Å². The van der Waals surface area contributed by atoms with Gasteiger partial charge in [0.05, 0.1) is 30.4 Å². The number of carbonyl (C=O) groups is 2. The second-order valence-electron chi connectivity index (χ2n) is 8.80. The smallest absolute Gasteiger partial charge is 0.295 e. The highest BCUT2D eigenvalue weighted by atomic mass is 19.1. The second kappa shape index (κ2) is 10.6. The number of rotatable bonds is 8. The van der Waals surface area contributed by atoms with E-state index in [-0.39, 0.29) is 29.8 Å². The third kappa shape index (κ3) is 5.10. The molecule has 1 amide bonds. The van der Waals surface area contributed by atoms with Gasteiger partial charge in [-0.05, 0) is 67.8 Å². The number of aliphatic hydroxyl groups excluding tert-OH is 1. The van der Waals surface area contributed by atoms with Crippen LogP contribution in [0.3, 0.4) is 0 Å². The van der Waals surface area contributed by atoms with Gasteiger partial charge in [0.25, 0.3) is 11.7 Å². The number of methoxy groups -OCH3 is 1. The number of ether oxygens (including phenoxy) is 2. The van der Waals surface area contributed by atoms with Gasteiger partial charge in [-0.3, -0.25) is 9.59 Å². The fraction of sp³-hybridized carbons (Fsp3) is 0.241. The summed E-state index contributed by atoms with van der Waals surface area (Å²) in [5, 5.41) is 11.3. The normalized spacial score (nSPS) is 17.0. The molecular formula is C29H28FNO5. The van der Waals surface area contributed by atoms with Gasteiger partial charge in [0.1, 0.15) is 23.1 Å². The summed E-state index contributed by atoms with van der Waals surface area (Å²) in [6, 6.07) is 19.1. The summed E-state index contributed by atoms with van der Waals surface area (Å²) in [6.45, 7) is 4.05. The number of hydrogen-bond donors (Lipinski definition) is 1. The van der Waals surface area contributed by atoms with Crippen molar-refractivity contribution in [3.8, 4) is 11.5 Å². The van der Waals surface area contributed by atoms with E-state index in [4.69, 9.17) is 9.47 Å². The Hall–Kier alpha value is -4.13. The van der Waals surface area contributed by atoms with Crippen LogP contribution in [0.15, 0.2) is 78.4 Å². The molecule has 36 heavy (non-hydrogen) atoms. The maximum atomic E-state index is 13.3. The van der Waals surface area contributed by atoms with E-state index in [0.29, 0.717) is 29.0 Å². The molecule has 0 radical (unpaired) electrons. The Morgan fingerprint density at radius 2 is 1.67 bits per heavy atom. The lowest BCUT2D eigenvalue weighted by atomic mass is 9.94. The zero-order valence-corrected chi connectivity index (χ0v) is 20.4. The molecule has 1 heterocycles. The number of ketones is 1. The van der Waals surface area contributed by atoms with Crippen molar-refractivity contribution in [2.75, 3.05) is 13.7 Å². The van der Waals surface area contributed by atoms with Gasteiger partial charge >= 0.3 is 0 Å². The lowest BCUT2D eigenvalue weighted by molar-refractivity contribution is -0.139. The Balaban J connectivity index is 1.78. The average Bonchev–Trinajstić information content (AvgIpc) is 3.13. The highest BCUT2D eigenvalue weighted by Gasteiger charge is 2.46. The molecule has 186 valence electrons. The standard InChI is InChI=1S/C29H28FNO5/c1-18(2)36-22-14-10-20(11-15-22)26-25(27(32)23-6-4-5-7-24(23)35-3)28(33)29(34)31(26)17-16-19-8-12-21(30)13-9-19/h4-15,18,26,32H,16-17H2,1-3H3/b27-25-. The van der Waals surface area contributed by atoms with Crippen LogP contribution in [0.2, 0.25) is 0 Å². The van der Waals surface area contributed by atoms with Crippen LogP contribution in [0.4, 0.5) is 4.39 Å². The first-order valence-corrected chi connectivity index (χ1v) is 11.7. The summed E-state index contributed by atoms with van der Waals surface area (Å²) in [6.07, 6.45) is 0.398. The van der Waals surface area contributed by atoms with Gasteiger partial charge in [-0.15, -0.1) is 0 Å². The quantitative estimate of drug-likeness (QED) is 0.265. The highest BCUT2D eigenvalue weighted by Crippen LogP contribution is 2.41. The predicted molar refractivity (Wildman–Crippen MR) is 134 cm³/mol. The Labute approximate surface area is 209 Å². The Kier molecular flexibility index (Phi) is 7.38. The Morgan fingerprint density at radius 1 is 1.00 bits per heavy atom. The van der Waals surface area contributed by atoms with Gasteiger partial charge in [-0.25, -0.2) is 4.39 Å². The lowest BCUT2D eigenvalue weighted by Crippen LogP contribution is -2.31. The second-order valence-corrected chi connectivity index (χ2v) is 8.80. The van der Waals surface area contributed by atoms with Crippen LogP contribution >= 0.6 is 0 Å². The molecule has 0 spiro atoms. The number of carbonyl (C=O) groups excluding carboxylic acids is 2. The Morgan fingerprint density at radius 3 is 2.31 bits per heavy atom. The molecule has 1 N–H and O–H groups in total. The van der Waals surface area contributed by atoms with E-state index in [9.17, 15) is 19.1 Å². The first kappa shape index (κ1) is 25.0. The number of hydrogen-bond acceptors (Lipinski definition) is 5. The van der Waals surface area contributed by atoms with Crippen LogP contribution in [-0.4, -0.2) is 41.5 Å². The maximum Gasteiger partial charge on any atom is 0.295 e. The van der Waals surface area contributed by atoms with E-state index in [1.165, 1.54) is 24.1 Å². The van der Waals surface area contributed by atoms with Crippen molar-refractivity contribution in [1.82, 2.24) is 4.90 Å². The zero-order chi connectivity index (χ0) is 25.8. The summed E-state index contributed by atoms with van der Waals surface area (Å²) >= 11 is 0. The number of Topliss-reactive ketones (excluding diaryl/α,β-unsaturated/α-hetero) is 1. The van der Waals surface area contributed by atoms with Crippen molar-refractivity contribution in [2.24, 2.45) is 0 Å². The van der Waals surface area contributed by atoms with Crippen LogP contribution in [0.5, 0.6) is 11.5 Å². The van der Waals surface area contributed by atoms with Gasteiger partial charge in [-0.2, -0.15) is 0 Å². The van der Waals surface area contributed by atoms with Gasteiger partial charge in [0, 0.05) is 6.54 Å². The molecule has 1 saturated heterocycles. The fourth-order valence-electron chi connectivity index (χ4n) is 4.34. The largest absolute Gasteiger partial charge is 0.507 e. The van der Waals surface area contributed by atoms with E-state index in [1.54, 1.807) is 60.7 Å². The number of aliphatic hydroxyl groups is 1. The molecule has 0 bridgehead atoms. The maximum absolute atomic E-state index is 13.3. The van der Waals surface area contributed by atoms with Gasteiger partial charge in [0.15, 0.2) is 0 Å². The molecule has 6 nitrogen and oxygen atoms in total. The molecule has 0 saturated carbocycles. The molecule has 1 fully saturated rings. The monoisotopic (exact) mass is 489 g/mol. The van der Waals surface area contributed by atoms with Crippen molar-refractivity contribution in [3.63, 3.8) is 0 Å². The van der Waals surface area contributed by atoms with Crippen molar-refractivity contribution in [3.05, 3.63) is 101 Å². The number of likely N-dealkylation sites (tertiary alicyclic amines) is 1. The van der Waals surface area contributed by atoms with Crippen LogP contribution in [0.1, 0.15) is 36.6 Å². The van der Waals surface area contributed by atoms with Crippen molar-refractivity contribution >= 4 is 17.4 Å². The number of para-hydroxylation sites is 1. The van der Waals surface area contributed by atoms with Crippen LogP contribution < -0.4 is 9.47 Å². The molecule has 7 heteroatoms. The lowest BCUT2D eigenvalue weighted by Gasteiger charge is -2.26. The third-order valence-corrected chi connectivity index (χ3v) is 6.02. The molecule has 1 unspecified atom stereocenters. The number of benzene rings is 3. The van der Waals surface area contributed by atoms with Gasteiger partial charge < -0.3 is 19.5 Å². The molecule has 3 aromatic carbocycles. The van der Waals surface area contributed by atoms with E-state index in [2.05, 4.69) is 0 Å². The number of halogens is 1. The number of nitrogens with zero attached hydrogens (tertiary/aromatic N) is 1. The first-order valence-electron chi connectivity index (χ1n) is 11.7. The summed E-state index contributed by atoms with van der Waals surface area (Å²) in [5.74, 6) is -1.10. The molecular weight excluding hydrogens is 461 g/mol. The molecule has 4 rings (SSSR count). The SMILES string of the molecule is COc1ccccc1/C(O)=C1/C(=O)C(=O)N(CCc2ccc(F)cc2)C1c1ccc(OC(C)C)cc1. The summed E-state index contributed by atoms with van der Waals surface area (Å²) in [5.41, 5.74) is 1.78. The van der Waals surface area contributed by atoms with E-state index in [1.807, 2.05) is 13.8 Å². The highest BCUT2D eigenvalue weighted by molar-refractivity contribution is 6.46. The molecule has 3 aromatic rings. The van der Waals surface area contributed by atoms with Gasteiger partial charge in [-0.1, -0.05) is 36.4 Å². The first-order chi connectivity index (χ1) is 17.3. The van der Waals surface area contributed by atoms with Crippen LogP contribution in [0, 0.1) is 5.82 Å². The minimum absolute atomic E-state index is 0.0114. The minimum Gasteiger partial charge on any atom is -0.507 e. The minimum atomic E-state index is -0.816.